The molecule has 0 fully saturated rings. The van der Waals surface area contributed by atoms with Crippen LogP contribution in [-0.2, 0) is 4.74 Å². The molecule has 0 spiro atoms. The Morgan fingerprint density at radius 3 is 2.47 bits per heavy atom. The zero-order valence-electron chi connectivity index (χ0n) is 12.9. The fraction of sp³-hybridized carbons (Fsp3) is 0.625. The predicted molar refractivity (Wildman–Crippen MR) is 82.8 cm³/mol. The molecule has 3 heteroatoms. The molecule has 0 bridgehead atoms. The zero-order valence-corrected chi connectivity index (χ0v) is 12.9. The van der Waals surface area contributed by atoms with Crippen LogP contribution in [0.5, 0.6) is 0 Å². The van der Waals surface area contributed by atoms with Crippen molar-refractivity contribution in [1.82, 2.24) is 5.32 Å². The van der Waals surface area contributed by atoms with Crippen molar-refractivity contribution >= 4 is 5.69 Å². The van der Waals surface area contributed by atoms with Gasteiger partial charge in [0.1, 0.15) is 0 Å². The van der Waals surface area contributed by atoms with Crippen LogP contribution in [0.2, 0.25) is 0 Å². The molecule has 0 saturated heterocycles. The van der Waals surface area contributed by atoms with Crippen LogP contribution in [0.15, 0.2) is 24.3 Å². The van der Waals surface area contributed by atoms with E-state index in [0.717, 1.165) is 19.7 Å². The van der Waals surface area contributed by atoms with E-state index in [-0.39, 0.29) is 0 Å². The number of anilines is 1. The van der Waals surface area contributed by atoms with E-state index in [9.17, 15) is 0 Å². The van der Waals surface area contributed by atoms with Crippen LogP contribution >= 0.6 is 0 Å². The van der Waals surface area contributed by atoms with E-state index < -0.39 is 0 Å². The first-order valence-electron chi connectivity index (χ1n) is 7.10. The highest BCUT2D eigenvalue weighted by molar-refractivity contribution is 5.55. The summed E-state index contributed by atoms with van der Waals surface area (Å²) in [4.78, 5) is 2.43. The van der Waals surface area contributed by atoms with E-state index in [1.165, 1.54) is 11.3 Å². The Morgan fingerprint density at radius 2 is 1.89 bits per heavy atom. The van der Waals surface area contributed by atoms with Crippen molar-refractivity contribution in [3.8, 4) is 0 Å². The summed E-state index contributed by atoms with van der Waals surface area (Å²) in [6.45, 7) is 9.45. The summed E-state index contributed by atoms with van der Waals surface area (Å²) in [5.41, 5.74) is 2.66. The first-order chi connectivity index (χ1) is 9.10. The molecule has 3 nitrogen and oxygen atoms in total. The van der Waals surface area contributed by atoms with Gasteiger partial charge in [-0.05, 0) is 31.5 Å². The van der Waals surface area contributed by atoms with Crippen LogP contribution in [0.1, 0.15) is 32.4 Å². The summed E-state index contributed by atoms with van der Waals surface area (Å²) in [6, 6.07) is 8.99. The van der Waals surface area contributed by atoms with E-state index in [1.54, 1.807) is 7.11 Å². The van der Waals surface area contributed by atoms with Gasteiger partial charge >= 0.3 is 0 Å². The summed E-state index contributed by atoms with van der Waals surface area (Å²) in [6.07, 6.45) is 0. The highest BCUT2D eigenvalue weighted by Gasteiger charge is 2.15. The Kier molecular flexibility index (Phi) is 6.89. The van der Waals surface area contributed by atoms with Gasteiger partial charge in [-0.2, -0.15) is 0 Å². The summed E-state index contributed by atoms with van der Waals surface area (Å²) >= 11 is 0. The van der Waals surface area contributed by atoms with E-state index in [2.05, 4.69) is 55.3 Å². The number of para-hydroxylation sites is 1. The third kappa shape index (κ3) is 4.84. The second-order valence-electron chi connectivity index (χ2n) is 5.40. The van der Waals surface area contributed by atoms with Crippen molar-refractivity contribution in [3.63, 3.8) is 0 Å². The fourth-order valence-corrected chi connectivity index (χ4v) is 2.25. The molecule has 1 N–H and O–H groups in total. The molecule has 0 aliphatic carbocycles. The molecule has 19 heavy (non-hydrogen) atoms. The zero-order chi connectivity index (χ0) is 14.3. The standard InChI is InChI=1S/C16H28N2O/c1-13(2)12-18(10-11-19-5)16-9-7-6-8-15(16)14(3)17-4/h6-9,13-14,17H,10-12H2,1-5H3. The van der Waals surface area contributed by atoms with Gasteiger partial charge in [-0.3, -0.25) is 0 Å². The largest absolute Gasteiger partial charge is 0.383 e. The number of hydrogen-bond acceptors (Lipinski definition) is 3. The number of rotatable bonds is 8. The van der Waals surface area contributed by atoms with Gasteiger partial charge in [-0.25, -0.2) is 0 Å². The second kappa shape index (κ2) is 8.18. The van der Waals surface area contributed by atoms with Gasteiger partial charge in [0.25, 0.3) is 0 Å². The molecule has 0 radical (unpaired) electrons. The molecule has 0 heterocycles. The Hall–Kier alpha value is -1.06. The summed E-state index contributed by atoms with van der Waals surface area (Å²) in [7, 11) is 3.76. The Balaban J connectivity index is 2.99. The van der Waals surface area contributed by atoms with E-state index in [1.807, 2.05) is 7.05 Å². The molecule has 1 aromatic rings. The molecule has 0 amide bonds. The van der Waals surface area contributed by atoms with Gasteiger partial charge in [0, 0.05) is 31.9 Å². The van der Waals surface area contributed by atoms with Gasteiger partial charge in [-0.1, -0.05) is 32.0 Å². The number of ether oxygens (including phenoxy) is 1. The minimum absolute atomic E-state index is 0.355. The number of benzene rings is 1. The lowest BCUT2D eigenvalue weighted by Crippen LogP contribution is -2.32. The molecular weight excluding hydrogens is 236 g/mol. The van der Waals surface area contributed by atoms with Crippen LogP contribution in [0.4, 0.5) is 5.69 Å². The number of nitrogens with one attached hydrogen (secondary N) is 1. The summed E-state index contributed by atoms with van der Waals surface area (Å²) < 4.78 is 5.24. The summed E-state index contributed by atoms with van der Waals surface area (Å²) in [5, 5.41) is 3.33. The molecule has 1 unspecified atom stereocenters. The first-order valence-corrected chi connectivity index (χ1v) is 7.10. The van der Waals surface area contributed by atoms with Crippen LogP contribution in [0.3, 0.4) is 0 Å². The molecule has 1 aromatic carbocycles. The summed E-state index contributed by atoms with van der Waals surface area (Å²) in [5.74, 6) is 0.634. The number of nitrogens with zero attached hydrogens (tertiary/aromatic N) is 1. The van der Waals surface area contributed by atoms with Crippen molar-refractivity contribution in [2.45, 2.75) is 26.8 Å². The smallest absolute Gasteiger partial charge is 0.0637 e. The number of hydrogen-bond donors (Lipinski definition) is 1. The maximum absolute atomic E-state index is 5.24. The fourth-order valence-electron chi connectivity index (χ4n) is 2.25. The highest BCUT2D eigenvalue weighted by atomic mass is 16.5. The molecule has 1 atom stereocenters. The van der Waals surface area contributed by atoms with Gasteiger partial charge in [-0.15, -0.1) is 0 Å². The normalized spacial score (nSPS) is 12.7. The van der Waals surface area contributed by atoms with Crippen LogP contribution in [-0.4, -0.2) is 33.9 Å². The molecule has 0 aromatic heterocycles. The Bertz CT molecular complexity index is 366. The lowest BCUT2D eigenvalue weighted by Gasteiger charge is -2.30. The van der Waals surface area contributed by atoms with Crippen molar-refractivity contribution < 1.29 is 4.74 Å². The minimum Gasteiger partial charge on any atom is -0.383 e. The predicted octanol–water partition coefficient (Wildman–Crippen LogP) is 3.08. The molecule has 0 saturated carbocycles. The average Bonchev–Trinajstić information content (AvgIpc) is 2.42. The molecule has 0 aliphatic rings. The average molecular weight is 264 g/mol. The quantitative estimate of drug-likeness (QED) is 0.781. The third-order valence-corrected chi connectivity index (χ3v) is 3.33. The van der Waals surface area contributed by atoms with Gasteiger partial charge in [0.2, 0.25) is 0 Å². The lowest BCUT2D eigenvalue weighted by atomic mass is 10.0. The van der Waals surface area contributed by atoms with Crippen molar-refractivity contribution in [2.75, 3.05) is 38.8 Å². The second-order valence-corrected chi connectivity index (χ2v) is 5.40. The SMILES string of the molecule is CNC(C)c1ccccc1N(CCOC)CC(C)C. The maximum Gasteiger partial charge on any atom is 0.0637 e. The first kappa shape index (κ1) is 16.0. The van der Waals surface area contributed by atoms with Gasteiger partial charge in [0.05, 0.1) is 6.61 Å². The van der Waals surface area contributed by atoms with E-state index in [0.29, 0.717) is 12.0 Å². The van der Waals surface area contributed by atoms with Crippen LogP contribution in [0, 0.1) is 5.92 Å². The van der Waals surface area contributed by atoms with E-state index in [4.69, 9.17) is 4.74 Å². The van der Waals surface area contributed by atoms with E-state index >= 15 is 0 Å². The number of methoxy groups -OCH3 is 1. The highest BCUT2D eigenvalue weighted by Crippen LogP contribution is 2.26. The molecule has 108 valence electrons. The maximum atomic E-state index is 5.24. The van der Waals surface area contributed by atoms with Gasteiger partial charge < -0.3 is 15.0 Å². The Labute approximate surface area is 118 Å². The van der Waals surface area contributed by atoms with Gasteiger partial charge in [0.15, 0.2) is 0 Å². The Morgan fingerprint density at radius 1 is 1.21 bits per heavy atom. The lowest BCUT2D eigenvalue weighted by molar-refractivity contribution is 0.204. The monoisotopic (exact) mass is 264 g/mol. The topological polar surface area (TPSA) is 24.5 Å². The van der Waals surface area contributed by atoms with Crippen molar-refractivity contribution in [3.05, 3.63) is 29.8 Å². The van der Waals surface area contributed by atoms with Crippen molar-refractivity contribution in [2.24, 2.45) is 5.92 Å². The molecular formula is C16H28N2O. The minimum atomic E-state index is 0.355. The van der Waals surface area contributed by atoms with Crippen LogP contribution < -0.4 is 10.2 Å². The van der Waals surface area contributed by atoms with Crippen molar-refractivity contribution in [1.29, 1.82) is 0 Å². The third-order valence-electron chi connectivity index (χ3n) is 3.33. The van der Waals surface area contributed by atoms with Crippen LogP contribution in [0.25, 0.3) is 0 Å². The molecule has 0 aliphatic heterocycles. The molecule has 1 rings (SSSR count).